The number of nitriles is 1. The Morgan fingerprint density at radius 1 is 1.19 bits per heavy atom. The summed E-state index contributed by atoms with van der Waals surface area (Å²) in [6.07, 6.45) is 0. The van der Waals surface area contributed by atoms with Gasteiger partial charge in [-0.15, -0.1) is 0 Å². The molecule has 0 aliphatic rings. The molecule has 0 saturated heterocycles. The van der Waals surface area contributed by atoms with E-state index in [2.05, 4.69) is 36.6 Å². The minimum absolute atomic E-state index is 0.284. The maximum atomic E-state index is 13.5. The molecule has 0 heterocycles. The summed E-state index contributed by atoms with van der Waals surface area (Å²) in [5.41, 5.74) is -0.232. The molecule has 2 aromatic carbocycles. The highest BCUT2D eigenvalue weighted by Crippen LogP contribution is 2.29. The van der Waals surface area contributed by atoms with Gasteiger partial charge in [0, 0.05) is 8.95 Å². The van der Waals surface area contributed by atoms with Crippen LogP contribution in [-0.2, 0) is 10.0 Å². The van der Waals surface area contributed by atoms with Crippen molar-refractivity contribution in [3.05, 3.63) is 56.7 Å². The van der Waals surface area contributed by atoms with Crippen molar-refractivity contribution in [2.24, 2.45) is 0 Å². The van der Waals surface area contributed by atoms with Gasteiger partial charge in [0.05, 0.1) is 5.69 Å². The van der Waals surface area contributed by atoms with Gasteiger partial charge < -0.3 is 0 Å². The van der Waals surface area contributed by atoms with Gasteiger partial charge in [0.15, 0.2) is 0 Å². The third-order valence-corrected chi connectivity index (χ3v) is 5.11. The number of nitrogens with one attached hydrogen (secondary N) is 1. The van der Waals surface area contributed by atoms with Crippen molar-refractivity contribution < 1.29 is 12.8 Å². The van der Waals surface area contributed by atoms with E-state index in [4.69, 9.17) is 5.26 Å². The molecular formula is C13H7Br2FN2O2S. The van der Waals surface area contributed by atoms with E-state index in [-0.39, 0.29) is 5.69 Å². The summed E-state index contributed by atoms with van der Waals surface area (Å²) in [4.78, 5) is -0.403. The number of hydrogen-bond acceptors (Lipinski definition) is 3. The maximum absolute atomic E-state index is 13.5. The molecule has 0 spiro atoms. The quantitative estimate of drug-likeness (QED) is 0.794. The number of anilines is 1. The van der Waals surface area contributed by atoms with E-state index in [1.165, 1.54) is 18.2 Å². The molecule has 0 aliphatic carbocycles. The fraction of sp³-hybridized carbons (Fsp3) is 0. The van der Waals surface area contributed by atoms with Crippen LogP contribution in [0.5, 0.6) is 0 Å². The molecule has 0 aromatic heterocycles. The predicted octanol–water partition coefficient (Wildman–Crippen LogP) is 4.02. The Bertz CT molecular complexity index is 848. The first-order chi connectivity index (χ1) is 9.85. The van der Waals surface area contributed by atoms with Crippen LogP contribution in [0, 0.1) is 17.1 Å². The lowest BCUT2D eigenvalue weighted by molar-refractivity contribution is 0.593. The van der Waals surface area contributed by atoms with E-state index in [9.17, 15) is 12.8 Å². The van der Waals surface area contributed by atoms with Gasteiger partial charge in [-0.1, -0.05) is 22.0 Å². The van der Waals surface area contributed by atoms with Crippen LogP contribution in [0.15, 0.2) is 50.2 Å². The first-order valence-electron chi connectivity index (χ1n) is 5.51. The monoisotopic (exact) mass is 432 g/mol. The van der Waals surface area contributed by atoms with Gasteiger partial charge in [-0.3, -0.25) is 4.72 Å². The zero-order valence-corrected chi connectivity index (χ0v) is 14.3. The first kappa shape index (κ1) is 15.9. The predicted molar refractivity (Wildman–Crippen MR) is 83.8 cm³/mol. The normalized spacial score (nSPS) is 11.0. The Labute approximate surface area is 137 Å². The van der Waals surface area contributed by atoms with E-state index < -0.39 is 26.3 Å². The summed E-state index contributed by atoms with van der Waals surface area (Å²) >= 11 is 6.48. The van der Waals surface area contributed by atoms with E-state index in [0.29, 0.717) is 4.47 Å². The topological polar surface area (TPSA) is 70.0 Å². The molecule has 4 nitrogen and oxygen atoms in total. The third-order valence-electron chi connectivity index (χ3n) is 2.55. The first-order valence-corrected chi connectivity index (χ1v) is 8.58. The van der Waals surface area contributed by atoms with Crippen LogP contribution >= 0.6 is 31.9 Å². The standard InChI is InChI=1S/C13H7Br2FN2O2S/c14-8-4-5-12(10(15)6-8)18-21(19,20)13-3-1-2-11(16)9(13)7-17/h1-6,18H. The lowest BCUT2D eigenvalue weighted by Gasteiger charge is -2.11. The minimum atomic E-state index is -4.07. The van der Waals surface area contributed by atoms with Crippen LogP contribution < -0.4 is 4.72 Å². The highest BCUT2D eigenvalue weighted by molar-refractivity contribution is 9.11. The molecule has 2 aromatic rings. The summed E-state index contributed by atoms with van der Waals surface area (Å²) in [5, 5.41) is 8.92. The number of nitrogens with zero attached hydrogens (tertiary/aromatic N) is 1. The number of benzene rings is 2. The summed E-state index contributed by atoms with van der Waals surface area (Å²) in [5.74, 6) is -0.879. The summed E-state index contributed by atoms with van der Waals surface area (Å²) in [6.45, 7) is 0. The molecule has 0 fully saturated rings. The number of rotatable bonds is 3. The Hall–Kier alpha value is -1.43. The largest absolute Gasteiger partial charge is 0.278 e. The molecule has 2 rings (SSSR count). The van der Waals surface area contributed by atoms with Gasteiger partial charge in [-0.2, -0.15) is 5.26 Å². The fourth-order valence-electron chi connectivity index (χ4n) is 1.61. The molecule has 0 unspecified atom stereocenters. The van der Waals surface area contributed by atoms with Crippen LogP contribution in [0.3, 0.4) is 0 Å². The molecule has 0 saturated carbocycles. The van der Waals surface area contributed by atoms with E-state index in [1.54, 1.807) is 18.2 Å². The average molecular weight is 434 g/mol. The minimum Gasteiger partial charge on any atom is -0.278 e. The van der Waals surface area contributed by atoms with Gasteiger partial charge in [0.1, 0.15) is 22.3 Å². The zero-order valence-electron chi connectivity index (χ0n) is 10.3. The highest BCUT2D eigenvalue weighted by Gasteiger charge is 2.22. The van der Waals surface area contributed by atoms with Crippen LogP contribution in [0.25, 0.3) is 0 Å². The zero-order chi connectivity index (χ0) is 15.6. The van der Waals surface area contributed by atoms with E-state index in [1.807, 2.05) is 0 Å². The molecule has 1 N–H and O–H groups in total. The second kappa shape index (κ2) is 6.13. The molecule has 108 valence electrons. The molecular weight excluding hydrogens is 427 g/mol. The number of halogens is 3. The van der Waals surface area contributed by atoms with Crippen molar-refractivity contribution in [3.8, 4) is 6.07 Å². The number of hydrogen-bond donors (Lipinski definition) is 1. The maximum Gasteiger partial charge on any atom is 0.263 e. The Morgan fingerprint density at radius 2 is 1.90 bits per heavy atom. The van der Waals surface area contributed by atoms with Crippen molar-refractivity contribution in [2.75, 3.05) is 4.72 Å². The molecule has 0 amide bonds. The van der Waals surface area contributed by atoms with Crippen molar-refractivity contribution in [2.45, 2.75) is 4.90 Å². The smallest absolute Gasteiger partial charge is 0.263 e. The Morgan fingerprint density at radius 3 is 2.52 bits per heavy atom. The second-order valence-corrected chi connectivity index (χ2v) is 7.38. The van der Waals surface area contributed by atoms with Crippen molar-refractivity contribution >= 4 is 47.6 Å². The summed E-state index contributed by atoms with van der Waals surface area (Å²) in [7, 11) is -4.07. The Kier molecular flexibility index (Phi) is 4.66. The van der Waals surface area contributed by atoms with Gasteiger partial charge >= 0.3 is 0 Å². The molecule has 0 radical (unpaired) electrons. The second-order valence-electron chi connectivity index (χ2n) is 3.95. The molecule has 8 heteroatoms. The fourth-order valence-corrected chi connectivity index (χ4v) is 4.13. The number of sulfonamides is 1. The molecule has 21 heavy (non-hydrogen) atoms. The van der Waals surface area contributed by atoms with Crippen LogP contribution in [-0.4, -0.2) is 8.42 Å². The molecule has 0 atom stereocenters. The van der Waals surface area contributed by atoms with E-state index >= 15 is 0 Å². The molecule has 0 bridgehead atoms. The van der Waals surface area contributed by atoms with Crippen LogP contribution in [0.2, 0.25) is 0 Å². The van der Waals surface area contributed by atoms with Crippen LogP contribution in [0.1, 0.15) is 5.56 Å². The Balaban J connectivity index is 2.49. The van der Waals surface area contributed by atoms with Crippen molar-refractivity contribution in [1.82, 2.24) is 0 Å². The lowest BCUT2D eigenvalue weighted by Crippen LogP contribution is -2.15. The summed E-state index contributed by atoms with van der Waals surface area (Å²) in [6, 6.07) is 9.87. The van der Waals surface area contributed by atoms with Crippen LogP contribution in [0.4, 0.5) is 10.1 Å². The van der Waals surface area contributed by atoms with Crippen molar-refractivity contribution in [3.63, 3.8) is 0 Å². The average Bonchev–Trinajstić information content (AvgIpc) is 2.41. The van der Waals surface area contributed by atoms with E-state index in [0.717, 1.165) is 10.5 Å². The summed E-state index contributed by atoms with van der Waals surface area (Å²) < 4.78 is 41.7. The van der Waals surface area contributed by atoms with Gasteiger partial charge in [0.2, 0.25) is 0 Å². The SMILES string of the molecule is N#Cc1c(F)cccc1S(=O)(=O)Nc1ccc(Br)cc1Br. The third kappa shape index (κ3) is 3.43. The van der Waals surface area contributed by atoms with Gasteiger partial charge in [-0.25, -0.2) is 12.8 Å². The highest BCUT2D eigenvalue weighted by atomic mass is 79.9. The van der Waals surface area contributed by atoms with Gasteiger partial charge in [-0.05, 0) is 46.3 Å². The van der Waals surface area contributed by atoms with Crippen molar-refractivity contribution in [1.29, 1.82) is 5.26 Å². The molecule has 0 aliphatic heterocycles. The lowest BCUT2D eigenvalue weighted by atomic mass is 10.2. The van der Waals surface area contributed by atoms with Gasteiger partial charge in [0.25, 0.3) is 10.0 Å².